The van der Waals surface area contributed by atoms with Crippen LogP contribution in [0.4, 0.5) is 0 Å². The summed E-state index contributed by atoms with van der Waals surface area (Å²) in [6.07, 6.45) is 15.2. The minimum atomic E-state index is 0.875. The lowest BCUT2D eigenvalue weighted by Gasteiger charge is -2.20. The van der Waals surface area contributed by atoms with Gasteiger partial charge in [-0.25, -0.2) is 0 Å². The van der Waals surface area contributed by atoms with Crippen molar-refractivity contribution in [2.24, 2.45) is 0 Å². The van der Waals surface area contributed by atoms with Gasteiger partial charge in [-0.3, -0.25) is 29.9 Å². The van der Waals surface area contributed by atoms with E-state index in [1.807, 2.05) is 85.8 Å². The first-order chi connectivity index (χ1) is 45.6. The number of pyridine rings is 6. The number of benzene rings is 12. The number of hydrogen-bond acceptors (Lipinski definition) is 6. The maximum absolute atomic E-state index is 5.40. The summed E-state index contributed by atoms with van der Waals surface area (Å²) in [6, 6.07) is 96.8. The van der Waals surface area contributed by atoms with Gasteiger partial charge in [0, 0.05) is 88.5 Å². The van der Waals surface area contributed by atoms with Crippen molar-refractivity contribution in [3.8, 4) is 123 Å². The lowest BCUT2D eigenvalue weighted by Crippen LogP contribution is -1.94. The molecule has 18 aromatic rings. The molecule has 0 radical (unpaired) electrons. The number of rotatable bonds is 11. The van der Waals surface area contributed by atoms with Crippen LogP contribution in [-0.2, 0) is 0 Å². The first-order valence-corrected chi connectivity index (χ1v) is 31.1. The summed E-state index contributed by atoms with van der Waals surface area (Å²) >= 11 is 0. The molecule has 6 heteroatoms. The average Bonchev–Trinajstić information content (AvgIpc) is 0.730. The van der Waals surface area contributed by atoms with E-state index in [1.54, 1.807) is 0 Å². The zero-order valence-corrected chi connectivity index (χ0v) is 49.7. The highest BCUT2D eigenvalue weighted by atomic mass is 14.7. The largest absolute Gasteiger partial charge is 0.264 e. The standard InChI is InChI=1S/C86H52N6/c1-4-40-89-79(11-1)55-18-14-53(15-19-55)69-28-24-57-22-23-58-25-29-71(75-34-33-73(69)83(57)84(58)75)66-46-67(81-13-3-6-42-91-81)48-68(47-66)82-37-27-62(52-92-82)78-49-59-26-30-70(54-16-20-56(21-17-54)80-12-2-5-41-90-80)74-35-36-76-72(31-32-77(78)86(76)85(59)74)65-44-63(60-9-7-38-87-50-60)43-64(45-65)61-10-8-39-88-51-61/h1-52H. The van der Waals surface area contributed by atoms with Crippen LogP contribution < -0.4 is 0 Å². The summed E-state index contributed by atoms with van der Waals surface area (Å²) in [5.41, 5.74) is 23.6. The van der Waals surface area contributed by atoms with Gasteiger partial charge in [0.15, 0.2) is 0 Å². The summed E-state index contributed by atoms with van der Waals surface area (Å²) in [7, 11) is 0. The van der Waals surface area contributed by atoms with E-state index in [0.29, 0.717) is 0 Å². The molecule has 0 aliphatic rings. The third-order valence-electron chi connectivity index (χ3n) is 18.6. The van der Waals surface area contributed by atoms with Gasteiger partial charge in [-0.15, -0.1) is 0 Å². The Balaban J connectivity index is 0.775. The second kappa shape index (κ2) is 21.7. The minimum absolute atomic E-state index is 0.875. The molecule has 0 aliphatic carbocycles. The van der Waals surface area contributed by atoms with Crippen LogP contribution in [0.5, 0.6) is 0 Å². The molecular weight excluding hydrogens is 1120 g/mol. The quantitative estimate of drug-likeness (QED) is 0.120. The van der Waals surface area contributed by atoms with E-state index in [2.05, 4.69) is 251 Å². The minimum Gasteiger partial charge on any atom is -0.264 e. The Morgan fingerprint density at radius 2 is 0.543 bits per heavy atom. The van der Waals surface area contributed by atoms with Crippen molar-refractivity contribution in [3.05, 3.63) is 316 Å². The van der Waals surface area contributed by atoms with E-state index in [4.69, 9.17) is 9.97 Å². The monoisotopic (exact) mass is 1170 g/mol. The fourth-order valence-corrected chi connectivity index (χ4v) is 14.2. The Kier molecular flexibility index (Phi) is 12.5. The highest BCUT2D eigenvalue weighted by Gasteiger charge is 2.22. The van der Waals surface area contributed by atoms with Gasteiger partial charge in [0.1, 0.15) is 0 Å². The summed E-state index contributed by atoms with van der Waals surface area (Å²) in [5.74, 6) is 0. The van der Waals surface area contributed by atoms with Gasteiger partial charge in [0.2, 0.25) is 0 Å². The molecule has 6 aromatic heterocycles. The van der Waals surface area contributed by atoms with Gasteiger partial charge in [-0.05, 0) is 223 Å². The van der Waals surface area contributed by atoms with E-state index in [-0.39, 0.29) is 0 Å². The normalized spacial score (nSPS) is 11.7. The summed E-state index contributed by atoms with van der Waals surface area (Å²) in [6.45, 7) is 0. The Bertz CT molecular complexity index is 5750. The first-order valence-electron chi connectivity index (χ1n) is 31.1. The fourth-order valence-electron chi connectivity index (χ4n) is 14.2. The molecule has 92 heavy (non-hydrogen) atoms. The van der Waals surface area contributed by atoms with Crippen LogP contribution in [0, 0.1) is 0 Å². The van der Waals surface area contributed by atoms with Gasteiger partial charge in [0.05, 0.1) is 22.8 Å². The van der Waals surface area contributed by atoms with Crippen LogP contribution in [0.1, 0.15) is 0 Å². The fraction of sp³-hybridized carbons (Fsp3) is 0. The Labute approximate surface area is 530 Å². The molecule has 426 valence electrons. The van der Waals surface area contributed by atoms with E-state index < -0.39 is 0 Å². The topological polar surface area (TPSA) is 77.3 Å². The maximum Gasteiger partial charge on any atom is 0.0702 e. The van der Waals surface area contributed by atoms with Gasteiger partial charge in [-0.2, -0.15) is 0 Å². The molecule has 6 heterocycles. The molecular formula is C86H52N6. The molecule has 0 fully saturated rings. The zero-order valence-electron chi connectivity index (χ0n) is 49.7. The molecule has 18 rings (SSSR count). The second-order valence-corrected chi connectivity index (χ2v) is 23.8. The number of nitrogens with zero attached hydrogens (tertiary/aromatic N) is 6. The molecule has 0 amide bonds. The summed E-state index contributed by atoms with van der Waals surface area (Å²) in [5, 5.41) is 14.5. The van der Waals surface area contributed by atoms with E-state index >= 15 is 0 Å². The third kappa shape index (κ3) is 9.03. The van der Waals surface area contributed by atoms with Crippen molar-refractivity contribution >= 4 is 64.6 Å². The van der Waals surface area contributed by atoms with Crippen molar-refractivity contribution in [2.75, 3.05) is 0 Å². The van der Waals surface area contributed by atoms with Crippen LogP contribution in [0.15, 0.2) is 316 Å². The van der Waals surface area contributed by atoms with Gasteiger partial charge < -0.3 is 0 Å². The Morgan fingerprint density at radius 1 is 0.174 bits per heavy atom. The Hall–Kier alpha value is -12.4. The molecule has 0 saturated heterocycles. The predicted octanol–water partition coefficient (Wildman–Crippen LogP) is 22.2. The molecule has 0 saturated carbocycles. The molecule has 0 unspecified atom stereocenters. The zero-order chi connectivity index (χ0) is 60.6. The summed E-state index contributed by atoms with van der Waals surface area (Å²) < 4.78 is 0. The maximum atomic E-state index is 5.40. The number of hydrogen-bond donors (Lipinski definition) is 0. The first kappa shape index (κ1) is 52.7. The molecule has 0 aliphatic heterocycles. The van der Waals surface area contributed by atoms with Crippen LogP contribution in [0.25, 0.3) is 188 Å². The van der Waals surface area contributed by atoms with Crippen molar-refractivity contribution in [2.45, 2.75) is 0 Å². The Morgan fingerprint density at radius 3 is 1.01 bits per heavy atom. The van der Waals surface area contributed by atoms with E-state index in [0.717, 1.165) is 117 Å². The van der Waals surface area contributed by atoms with Crippen LogP contribution >= 0.6 is 0 Å². The smallest absolute Gasteiger partial charge is 0.0702 e. The molecule has 0 N–H and O–H groups in total. The van der Waals surface area contributed by atoms with Crippen molar-refractivity contribution in [1.29, 1.82) is 0 Å². The predicted molar refractivity (Wildman–Crippen MR) is 380 cm³/mol. The lowest BCUT2D eigenvalue weighted by molar-refractivity contribution is 1.31. The second-order valence-electron chi connectivity index (χ2n) is 23.8. The SMILES string of the molecule is c1ccc(-c2ccc(-c3ccc4ccc5ccc(-c6cc(-c7ccccn7)cc(-c7ccc(-c8cc9ccc(-c%10ccc(-c%11ccccn%11)cc%10)c%10ccc%11c(-c%12cc(-c%13cccnc%13)cc(-c%13cccnc%13)c%12)ccc8c%11c9%10)cn7)c6)c6ccc3c4c56)cc2)nc1. The molecule has 0 atom stereocenters. The molecule has 0 spiro atoms. The van der Waals surface area contributed by atoms with Gasteiger partial charge >= 0.3 is 0 Å². The molecule has 12 aromatic carbocycles. The molecule has 6 nitrogen and oxygen atoms in total. The van der Waals surface area contributed by atoms with Crippen LogP contribution in [0.2, 0.25) is 0 Å². The highest BCUT2D eigenvalue weighted by molar-refractivity contribution is 6.31. The molecule has 0 bridgehead atoms. The number of aromatic nitrogens is 6. The van der Waals surface area contributed by atoms with Crippen molar-refractivity contribution < 1.29 is 0 Å². The van der Waals surface area contributed by atoms with Gasteiger partial charge in [0.25, 0.3) is 0 Å². The van der Waals surface area contributed by atoms with Crippen LogP contribution in [0.3, 0.4) is 0 Å². The van der Waals surface area contributed by atoms with Crippen molar-refractivity contribution in [1.82, 2.24) is 29.9 Å². The van der Waals surface area contributed by atoms with Crippen LogP contribution in [-0.4, -0.2) is 29.9 Å². The third-order valence-corrected chi connectivity index (χ3v) is 18.6. The lowest BCUT2D eigenvalue weighted by atomic mass is 9.83. The highest BCUT2D eigenvalue weighted by Crippen LogP contribution is 2.49. The van der Waals surface area contributed by atoms with Crippen molar-refractivity contribution in [3.63, 3.8) is 0 Å². The van der Waals surface area contributed by atoms with E-state index in [9.17, 15) is 0 Å². The van der Waals surface area contributed by atoms with Gasteiger partial charge in [-0.1, -0.05) is 170 Å². The summed E-state index contributed by atoms with van der Waals surface area (Å²) in [4.78, 5) is 28.6. The average molecular weight is 1170 g/mol. The van der Waals surface area contributed by atoms with E-state index in [1.165, 1.54) is 70.6 Å².